The van der Waals surface area contributed by atoms with Crippen molar-refractivity contribution in [2.75, 3.05) is 19.0 Å². The number of H-pyrrole nitrogens is 1. The van der Waals surface area contributed by atoms with Gasteiger partial charge in [-0.3, -0.25) is 9.36 Å². The Morgan fingerprint density at radius 2 is 2.21 bits per heavy atom. The molecular formula is C16H22N4O3S. The molecule has 0 saturated heterocycles. The Bertz CT molecular complexity index is 741. The highest BCUT2D eigenvalue weighted by Gasteiger charge is 2.19. The summed E-state index contributed by atoms with van der Waals surface area (Å²) >= 11 is 1.25. The van der Waals surface area contributed by atoms with Gasteiger partial charge in [-0.2, -0.15) is 0 Å². The third-order valence-corrected chi connectivity index (χ3v) is 4.60. The Morgan fingerprint density at radius 1 is 1.46 bits per heavy atom. The molecule has 1 aromatic carbocycles. The molecule has 8 heteroatoms. The van der Waals surface area contributed by atoms with Crippen molar-refractivity contribution in [2.24, 2.45) is 0 Å². The molecule has 0 radical (unpaired) electrons. The van der Waals surface area contributed by atoms with Crippen molar-refractivity contribution in [3.8, 4) is 0 Å². The second-order valence-electron chi connectivity index (χ2n) is 5.37. The van der Waals surface area contributed by atoms with Crippen molar-refractivity contribution in [3.05, 3.63) is 40.3 Å². The van der Waals surface area contributed by atoms with Gasteiger partial charge in [0.2, 0.25) is 5.91 Å². The highest BCUT2D eigenvalue weighted by Crippen LogP contribution is 2.22. The zero-order valence-corrected chi connectivity index (χ0v) is 14.9. The van der Waals surface area contributed by atoms with Crippen molar-refractivity contribution in [1.82, 2.24) is 14.8 Å². The lowest BCUT2D eigenvalue weighted by molar-refractivity contribution is -0.115. The van der Waals surface area contributed by atoms with E-state index >= 15 is 0 Å². The minimum Gasteiger partial charge on any atom is -0.385 e. The fraction of sp³-hybridized carbons (Fsp3) is 0.438. The van der Waals surface area contributed by atoms with Gasteiger partial charge < -0.3 is 10.1 Å². The molecule has 0 saturated carbocycles. The third kappa shape index (κ3) is 4.72. The minimum absolute atomic E-state index is 0.131. The van der Waals surface area contributed by atoms with E-state index in [1.54, 1.807) is 14.0 Å². The van der Waals surface area contributed by atoms with Crippen LogP contribution in [0.3, 0.4) is 0 Å². The summed E-state index contributed by atoms with van der Waals surface area (Å²) in [5.41, 5.74) is 1.51. The van der Waals surface area contributed by atoms with Crippen LogP contribution < -0.4 is 11.0 Å². The van der Waals surface area contributed by atoms with E-state index in [1.807, 2.05) is 31.2 Å². The predicted molar refractivity (Wildman–Crippen MR) is 94.5 cm³/mol. The third-order valence-electron chi connectivity index (χ3n) is 3.51. The second kappa shape index (κ2) is 8.70. The highest BCUT2D eigenvalue weighted by atomic mass is 32.2. The summed E-state index contributed by atoms with van der Waals surface area (Å²) in [5.74, 6) is -0.131. The number of rotatable bonds is 8. The zero-order chi connectivity index (χ0) is 17.5. The first-order chi connectivity index (χ1) is 11.5. The van der Waals surface area contributed by atoms with E-state index in [0.29, 0.717) is 24.7 Å². The Hall–Kier alpha value is -2.06. The lowest BCUT2D eigenvalue weighted by Gasteiger charge is -2.13. The van der Waals surface area contributed by atoms with Gasteiger partial charge in [-0.25, -0.2) is 9.89 Å². The van der Waals surface area contributed by atoms with Crippen molar-refractivity contribution < 1.29 is 9.53 Å². The van der Waals surface area contributed by atoms with Gasteiger partial charge in [0.05, 0.1) is 5.25 Å². The number of carbonyl (C=O) groups excluding carboxylic acids is 1. The van der Waals surface area contributed by atoms with Crippen LogP contribution in [-0.2, 0) is 16.1 Å². The van der Waals surface area contributed by atoms with Crippen molar-refractivity contribution >= 4 is 23.4 Å². The van der Waals surface area contributed by atoms with E-state index < -0.39 is 0 Å². The Balaban J connectivity index is 2.01. The number of para-hydroxylation sites is 1. The molecule has 0 aliphatic carbocycles. The van der Waals surface area contributed by atoms with Crippen molar-refractivity contribution in [3.63, 3.8) is 0 Å². The number of hydrogen-bond donors (Lipinski definition) is 2. The number of methoxy groups -OCH3 is 1. The molecule has 1 amide bonds. The molecule has 1 heterocycles. The molecule has 130 valence electrons. The lowest BCUT2D eigenvalue weighted by atomic mass is 10.2. The van der Waals surface area contributed by atoms with Gasteiger partial charge >= 0.3 is 5.69 Å². The van der Waals surface area contributed by atoms with Gasteiger partial charge in [0.25, 0.3) is 0 Å². The summed E-state index contributed by atoms with van der Waals surface area (Å²) in [5, 5.41) is 9.46. The van der Waals surface area contributed by atoms with Gasteiger partial charge in [0.1, 0.15) is 0 Å². The molecule has 0 spiro atoms. The maximum absolute atomic E-state index is 12.4. The quantitative estimate of drug-likeness (QED) is 0.562. The number of aromatic amines is 1. The summed E-state index contributed by atoms with van der Waals surface area (Å²) in [6, 6.07) is 7.60. The largest absolute Gasteiger partial charge is 0.385 e. The van der Waals surface area contributed by atoms with E-state index in [9.17, 15) is 9.59 Å². The molecule has 0 aliphatic heterocycles. The first-order valence-corrected chi connectivity index (χ1v) is 8.58. The fourth-order valence-corrected chi connectivity index (χ4v) is 3.00. The number of aryl methyl sites for hydroxylation is 1. The maximum Gasteiger partial charge on any atom is 0.343 e. The summed E-state index contributed by atoms with van der Waals surface area (Å²) < 4.78 is 6.53. The molecule has 2 aromatic rings. The average Bonchev–Trinajstić information content (AvgIpc) is 2.90. The molecule has 2 N–H and O–H groups in total. The first kappa shape index (κ1) is 18.3. The highest BCUT2D eigenvalue weighted by molar-refractivity contribution is 8.00. The van der Waals surface area contributed by atoms with Crippen LogP contribution in [0, 0.1) is 6.92 Å². The molecule has 1 unspecified atom stereocenters. The summed E-state index contributed by atoms with van der Waals surface area (Å²) in [6.45, 7) is 4.79. The number of aromatic nitrogens is 3. The summed E-state index contributed by atoms with van der Waals surface area (Å²) in [6.07, 6.45) is 0.702. The predicted octanol–water partition coefficient (Wildman–Crippen LogP) is 2.04. The standard InChI is InChI=1S/C16H22N4O3S/c1-11-7-4-5-8-13(11)17-14(21)12(2)24-16-19-18-15(22)20(16)9-6-10-23-3/h4-5,7-8,12H,6,9-10H2,1-3H3,(H,17,21)(H,18,22). The van der Waals surface area contributed by atoms with Gasteiger partial charge in [-0.05, 0) is 31.9 Å². The SMILES string of the molecule is COCCCn1c(SC(C)C(=O)Nc2ccccc2C)n[nH]c1=O. The van der Waals surface area contributed by atoms with Crippen LogP contribution in [0.1, 0.15) is 18.9 Å². The van der Waals surface area contributed by atoms with E-state index in [4.69, 9.17) is 4.74 Å². The molecule has 0 aliphatic rings. The van der Waals surface area contributed by atoms with Gasteiger partial charge in [-0.1, -0.05) is 30.0 Å². The fourth-order valence-electron chi connectivity index (χ4n) is 2.12. The van der Waals surface area contributed by atoms with Crippen LogP contribution in [-0.4, -0.2) is 39.6 Å². The molecular weight excluding hydrogens is 328 g/mol. The van der Waals surface area contributed by atoms with Crippen LogP contribution in [0.5, 0.6) is 0 Å². The molecule has 1 atom stereocenters. The number of benzene rings is 1. The first-order valence-electron chi connectivity index (χ1n) is 7.70. The number of nitrogens with zero attached hydrogens (tertiary/aromatic N) is 2. The van der Waals surface area contributed by atoms with Crippen LogP contribution in [0.15, 0.2) is 34.2 Å². The van der Waals surface area contributed by atoms with E-state index in [-0.39, 0.29) is 16.8 Å². The topological polar surface area (TPSA) is 89.0 Å². The Labute approximate surface area is 144 Å². The number of hydrogen-bond acceptors (Lipinski definition) is 5. The number of anilines is 1. The monoisotopic (exact) mass is 350 g/mol. The molecule has 24 heavy (non-hydrogen) atoms. The lowest BCUT2D eigenvalue weighted by Crippen LogP contribution is -2.24. The van der Waals surface area contributed by atoms with Crippen LogP contribution >= 0.6 is 11.8 Å². The molecule has 1 aromatic heterocycles. The number of nitrogens with one attached hydrogen (secondary N) is 2. The van der Waals surface area contributed by atoms with Crippen LogP contribution in [0.2, 0.25) is 0 Å². The van der Waals surface area contributed by atoms with E-state index in [1.165, 1.54) is 16.3 Å². The van der Waals surface area contributed by atoms with Crippen LogP contribution in [0.25, 0.3) is 0 Å². The normalized spacial score (nSPS) is 12.1. The smallest absolute Gasteiger partial charge is 0.343 e. The number of ether oxygens (including phenoxy) is 1. The van der Waals surface area contributed by atoms with E-state index in [2.05, 4.69) is 15.5 Å². The van der Waals surface area contributed by atoms with Crippen molar-refractivity contribution in [1.29, 1.82) is 0 Å². The molecule has 0 bridgehead atoms. The van der Waals surface area contributed by atoms with E-state index in [0.717, 1.165) is 11.3 Å². The molecule has 2 rings (SSSR count). The number of carbonyl (C=O) groups is 1. The van der Waals surface area contributed by atoms with Gasteiger partial charge in [0.15, 0.2) is 5.16 Å². The Kier molecular flexibility index (Phi) is 6.62. The van der Waals surface area contributed by atoms with Gasteiger partial charge in [-0.15, -0.1) is 5.10 Å². The molecule has 0 fully saturated rings. The maximum atomic E-state index is 12.4. The summed E-state index contributed by atoms with van der Waals surface area (Å²) in [4.78, 5) is 24.2. The summed E-state index contributed by atoms with van der Waals surface area (Å²) in [7, 11) is 1.62. The Morgan fingerprint density at radius 3 is 2.92 bits per heavy atom. The zero-order valence-electron chi connectivity index (χ0n) is 14.0. The number of amides is 1. The second-order valence-corrected chi connectivity index (χ2v) is 6.68. The van der Waals surface area contributed by atoms with Gasteiger partial charge in [0, 0.05) is 25.9 Å². The minimum atomic E-state index is -0.388. The van der Waals surface area contributed by atoms with Crippen LogP contribution in [0.4, 0.5) is 5.69 Å². The molecule has 7 nitrogen and oxygen atoms in total. The number of thioether (sulfide) groups is 1. The average molecular weight is 350 g/mol. The van der Waals surface area contributed by atoms with Crippen molar-refractivity contribution in [2.45, 2.75) is 37.2 Å².